The zero-order valence-corrected chi connectivity index (χ0v) is 16.1. The summed E-state index contributed by atoms with van der Waals surface area (Å²) in [5, 5.41) is 10.2. The van der Waals surface area contributed by atoms with Crippen LogP contribution in [0.2, 0.25) is 0 Å². The summed E-state index contributed by atoms with van der Waals surface area (Å²) in [5.41, 5.74) is 3.40. The van der Waals surface area contributed by atoms with E-state index in [1.165, 1.54) is 5.56 Å². The zero-order valence-electron chi connectivity index (χ0n) is 16.1. The number of piperidine rings is 2. The largest absolute Gasteiger partial charge is 0.391 e. The number of rotatable bonds is 2. The van der Waals surface area contributed by atoms with Crippen LogP contribution in [0.1, 0.15) is 42.9 Å². The quantitative estimate of drug-likeness (QED) is 0.880. The molecule has 1 aromatic carbocycles. The van der Waals surface area contributed by atoms with Crippen LogP contribution in [0.4, 0.5) is 0 Å². The van der Waals surface area contributed by atoms with Crippen LogP contribution in [0, 0.1) is 19.3 Å². The Morgan fingerprint density at radius 1 is 1.19 bits per heavy atom. The number of hydrogen-bond donors (Lipinski definition) is 1. The van der Waals surface area contributed by atoms with Gasteiger partial charge < -0.3 is 14.9 Å². The average Bonchev–Trinajstić information content (AvgIpc) is 2.58. The van der Waals surface area contributed by atoms with Crippen molar-refractivity contribution in [1.82, 2.24) is 9.80 Å². The Kier molecular flexibility index (Phi) is 5.37. The molecule has 2 aliphatic rings. The Morgan fingerprint density at radius 3 is 2.54 bits per heavy atom. The number of β-amino-alcohol motifs (C(OH)–C–C–N with tert-alkyl or cyclic N) is 1. The molecule has 2 saturated heterocycles. The lowest BCUT2D eigenvalue weighted by Gasteiger charge is -2.49. The lowest BCUT2D eigenvalue weighted by atomic mass is 9.71. The third-order valence-electron chi connectivity index (χ3n) is 6.09. The molecule has 2 amide bonds. The Morgan fingerprint density at radius 2 is 1.88 bits per heavy atom. The van der Waals surface area contributed by atoms with Gasteiger partial charge in [-0.1, -0.05) is 23.8 Å². The summed E-state index contributed by atoms with van der Waals surface area (Å²) in [6.07, 6.45) is 2.43. The summed E-state index contributed by atoms with van der Waals surface area (Å²) in [4.78, 5) is 28.2. The molecular weight excluding hydrogens is 328 g/mol. The van der Waals surface area contributed by atoms with Crippen LogP contribution in [-0.4, -0.2) is 59.0 Å². The van der Waals surface area contributed by atoms with Crippen LogP contribution in [0.25, 0.3) is 0 Å². The molecule has 1 atom stereocenters. The molecule has 1 N–H and O–H groups in total. The van der Waals surface area contributed by atoms with Crippen molar-refractivity contribution in [2.24, 2.45) is 5.41 Å². The topological polar surface area (TPSA) is 60.9 Å². The third-order valence-corrected chi connectivity index (χ3v) is 6.09. The van der Waals surface area contributed by atoms with Gasteiger partial charge in [0.05, 0.1) is 12.5 Å². The normalized spacial score (nSPS) is 22.5. The van der Waals surface area contributed by atoms with Gasteiger partial charge in [-0.25, -0.2) is 0 Å². The van der Waals surface area contributed by atoms with Crippen molar-refractivity contribution in [3.05, 3.63) is 34.9 Å². The summed E-state index contributed by atoms with van der Waals surface area (Å²) in [6, 6.07) is 6.24. The first-order valence-electron chi connectivity index (χ1n) is 9.55. The molecule has 2 heterocycles. The average molecular weight is 358 g/mol. The molecule has 0 bridgehead atoms. The van der Waals surface area contributed by atoms with Crippen molar-refractivity contribution in [2.45, 2.75) is 52.6 Å². The van der Waals surface area contributed by atoms with E-state index in [4.69, 9.17) is 0 Å². The fourth-order valence-electron chi connectivity index (χ4n) is 4.45. The molecule has 0 saturated carbocycles. The lowest BCUT2D eigenvalue weighted by Crippen LogP contribution is -2.55. The van der Waals surface area contributed by atoms with E-state index >= 15 is 0 Å². The molecule has 1 unspecified atom stereocenters. The molecule has 5 nitrogen and oxygen atoms in total. The van der Waals surface area contributed by atoms with Crippen LogP contribution in [0.15, 0.2) is 18.2 Å². The smallest absolute Gasteiger partial charge is 0.227 e. The Hall–Kier alpha value is -1.88. The molecular formula is C21H30N2O3. The maximum atomic E-state index is 12.8. The monoisotopic (exact) mass is 358 g/mol. The summed E-state index contributed by atoms with van der Waals surface area (Å²) in [5.74, 6) is 0.199. The number of benzene rings is 1. The molecule has 2 aliphatic heterocycles. The number of hydrogen-bond acceptors (Lipinski definition) is 3. The number of amides is 2. The van der Waals surface area contributed by atoms with Gasteiger partial charge in [0.2, 0.25) is 11.8 Å². The summed E-state index contributed by atoms with van der Waals surface area (Å²) >= 11 is 0. The fraction of sp³-hybridized carbons (Fsp3) is 0.619. The predicted molar refractivity (Wildman–Crippen MR) is 101 cm³/mol. The zero-order chi connectivity index (χ0) is 18.9. The minimum atomic E-state index is -0.454. The van der Waals surface area contributed by atoms with Crippen molar-refractivity contribution in [1.29, 1.82) is 0 Å². The van der Waals surface area contributed by atoms with Gasteiger partial charge in [-0.05, 0) is 49.7 Å². The van der Waals surface area contributed by atoms with E-state index in [1.54, 1.807) is 11.8 Å². The number of aliphatic hydroxyl groups is 1. The van der Waals surface area contributed by atoms with Gasteiger partial charge in [-0.15, -0.1) is 0 Å². The number of aliphatic hydroxyl groups excluding tert-OH is 1. The second kappa shape index (κ2) is 7.39. The van der Waals surface area contributed by atoms with Gasteiger partial charge in [0, 0.05) is 33.1 Å². The van der Waals surface area contributed by atoms with E-state index in [-0.39, 0.29) is 17.2 Å². The van der Waals surface area contributed by atoms with Crippen LogP contribution in [0.3, 0.4) is 0 Å². The molecule has 26 heavy (non-hydrogen) atoms. The number of carbonyl (C=O) groups excluding carboxylic acids is 2. The second-order valence-electron chi connectivity index (χ2n) is 8.24. The first-order valence-corrected chi connectivity index (χ1v) is 9.55. The van der Waals surface area contributed by atoms with E-state index < -0.39 is 6.10 Å². The summed E-state index contributed by atoms with van der Waals surface area (Å²) < 4.78 is 0. The number of nitrogens with zero attached hydrogens (tertiary/aromatic N) is 2. The van der Waals surface area contributed by atoms with Crippen LogP contribution in [-0.2, 0) is 16.0 Å². The van der Waals surface area contributed by atoms with Crippen LogP contribution in [0.5, 0.6) is 0 Å². The highest BCUT2D eigenvalue weighted by atomic mass is 16.3. The van der Waals surface area contributed by atoms with Gasteiger partial charge in [0.1, 0.15) is 0 Å². The minimum absolute atomic E-state index is 0.0246. The highest BCUT2D eigenvalue weighted by Crippen LogP contribution is 2.40. The first kappa shape index (κ1) is 18.9. The fourth-order valence-corrected chi connectivity index (χ4v) is 4.45. The van der Waals surface area contributed by atoms with Gasteiger partial charge in [0.15, 0.2) is 0 Å². The van der Waals surface area contributed by atoms with Crippen molar-refractivity contribution in [3.63, 3.8) is 0 Å². The van der Waals surface area contributed by atoms with E-state index in [2.05, 4.69) is 18.2 Å². The Bertz CT molecular complexity index is 692. The summed E-state index contributed by atoms with van der Waals surface area (Å²) in [7, 11) is 0. The maximum Gasteiger partial charge on any atom is 0.227 e. The maximum absolute atomic E-state index is 12.8. The second-order valence-corrected chi connectivity index (χ2v) is 8.24. The van der Waals surface area contributed by atoms with Gasteiger partial charge in [-0.2, -0.15) is 0 Å². The Labute approximate surface area is 156 Å². The van der Waals surface area contributed by atoms with Crippen molar-refractivity contribution >= 4 is 11.8 Å². The van der Waals surface area contributed by atoms with Gasteiger partial charge in [0.25, 0.3) is 0 Å². The summed E-state index contributed by atoms with van der Waals surface area (Å²) in [6.45, 7) is 8.23. The minimum Gasteiger partial charge on any atom is -0.391 e. The van der Waals surface area contributed by atoms with Crippen molar-refractivity contribution in [2.75, 3.05) is 26.2 Å². The standard InChI is InChI=1S/C21H30N2O3/c1-15-4-5-16(2)18(10-15)11-20(26)22-8-6-21(7-9-22)12-19(25)13-23(14-21)17(3)24/h4-5,10,19,25H,6-9,11-14H2,1-3H3. The van der Waals surface area contributed by atoms with Crippen LogP contribution < -0.4 is 0 Å². The van der Waals surface area contributed by atoms with E-state index in [0.717, 1.165) is 30.4 Å². The molecule has 2 fully saturated rings. The molecule has 5 heteroatoms. The molecule has 3 rings (SSSR count). The Balaban J connectivity index is 1.61. The van der Waals surface area contributed by atoms with Gasteiger partial charge in [-0.3, -0.25) is 9.59 Å². The molecule has 0 radical (unpaired) electrons. The van der Waals surface area contributed by atoms with Crippen LogP contribution >= 0.6 is 0 Å². The molecule has 1 spiro atoms. The highest BCUT2D eigenvalue weighted by Gasteiger charge is 2.42. The molecule has 0 aliphatic carbocycles. The number of carbonyl (C=O) groups is 2. The molecule has 1 aromatic rings. The highest BCUT2D eigenvalue weighted by molar-refractivity contribution is 5.79. The SMILES string of the molecule is CC(=O)N1CC(O)CC2(CCN(C(=O)Cc3cc(C)ccc3C)CC2)C1. The molecule has 0 aromatic heterocycles. The van der Waals surface area contributed by atoms with Gasteiger partial charge >= 0.3 is 0 Å². The number of likely N-dealkylation sites (tertiary alicyclic amines) is 2. The van der Waals surface area contributed by atoms with E-state index in [1.807, 2.05) is 18.7 Å². The van der Waals surface area contributed by atoms with E-state index in [0.29, 0.717) is 32.6 Å². The van der Waals surface area contributed by atoms with E-state index in [9.17, 15) is 14.7 Å². The molecule has 142 valence electrons. The first-order chi connectivity index (χ1) is 12.3. The van der Waals surface area contributed by atoms with Crippen molar-refractivity contribution < 1.29 is 14.7 Å². The third kappa shape index (κ3) is 4.09. The van der Waals surface area contributed by atoms with Crippen molar-refractivity contribution in [3.8, 4) is 0 Å². The lowest BCUT2D eigenvalue weighted by molar-refractivity contribution is -0.141. The predicted octanol–water partition coefficient (Wildman–Crippen LogP) is 2.07. The number of aryl methyl sites for hydroxylation is 2.